The first-order chi connectivity index (χ1) is 17.4. The SMILES string of the molecule is COc1cc(CC(=O)Nc2ccc(-n3c(C(F)F)nc4ccccc4c3=O)cc2)cc(OC)c1OC. The molecule has 36 heavy (non-hydrogen) atoms. The van der Waals surface area contributed by atoms with Gasteiger partial charge in [-0.05, 0) is 54.1 Å². The smallest absolute Gasteiger partial charge is 0.296 e. The number of amides is 1. The Labute approximate surface area is 205 Å². The number of carbonyl (C=O) groups excluding carboxylic acids is 1. The Morgan fingerprint density at radius 2 is 1.61 bits per heavy atom. The van der Waals surface area contributed by atoms with Crippen molar-refractivity contribution < 1.29 is 27.8 Å². The number of fused-ring (bicyclic) bond motifs is 1. The number of hydrogen-bond donors (Lipinski definition) is 1. The highest BCUT2D eigenvalue weighted by atomic mass is 19.3. The van der Waals surface area contributed by atoms with E-state index in [1.807, 2.05) is 0 Å². The van der Waals surface area contributed by atoms with Gasteiger partial charge in [0.2, 0.25) is 11.7 Å². The number of carbonyl (C=O) groups is 1. The summed E-state index contributed by atoms with van der Waals surface area (Å²) in [6.45, 7) is 0. The largest absolute Gasteiger partial charge is 0.493 e. The maximum Gasteiger partial charge on any atom is 0.296 e. The van der Waals surface area contributed by atoms with Crippen molar-refractivity contribution in [1.29, 1.82) is 0 Å². The molecule has 0 unspecified atom stereocenters. The third kappa shape index (κ3) is 4.83. The van der Waals surface area contributed by atoms with Crippen molar-refractivity contribution in [3.8, 4) is 22.9 Å². The number of ether oxygens (including phenoxy) is 3. The van der Waals surface area contributed by atoms with Gasteiger partial charge in [0, 0.05) is 5.69 Å². The predicted molar refractivity (Wildman–Crippen MR) is 131 cm³/mol. The summed E-state index contributed by atoms with van der Waals surface area (Å²) in [4.78, 5) is 29.6. The molecule has 0 saturated heterocycles. The molecule has 186 valence electrons. The number of rotatable bonds is 8. The van der Waals surface area contributed by atoms with E-state index in [9.17, 15) is 18.4 Å². The number of anilines is 1. The number of hydrogen-bond acceptors (Lipinski definition) is 6. The molecule has 3 aromatic carbocycles. The molecule has 1 N–H and O–H groups in total. The van der Waals surface area contributed by atoms with Crippen molar-refractivity contribution >= 4 is 22.5 Å². The van der Waals surface area contributed by atoms with Crippen LogP contribution in [-0.2, 0) is 11.2 Å². The predicted octanol–water partition coefficient (Wildman–Crippen LogP) is 4.53. The second kappa shape index (κ2) is 10.4. The molecule has 0 radical (unpaired) electrons. The lowest BCUT2D eigenvalue weighted by Crippen LogP contribution is -2.24. The van der Waals surface area contributed by atoms with Gasteiger partial charge in [0.1, 0.15) is 0 Å². The summed E-state index contributed by atoms with van der Waals surface area (Å²) in [5.74, 6) is 0.288. The number of aromatic nitrogens is 2. The number of alkyl halides is 2. The molecular formula is C26H23F2N3O5. The molecule has 1 aromatic heterocycles. The lowest BCUT2D eigenvalue weighted by Gasteiger charge is -2.15. The maximum absolute atomic E-state index is 13.7. The summed E-state index contributed by atoms with van der Waals surface area (Å²) in [6.07, 6.45) is -2.94. The Hall–Kier alpha value is -4.47. The lowest BCUT2D eigenvalue weighted by molar-refractivity contribution is -0.115. The summed E-state index contributed by atoms with van der Waals surface area (Å²) in [7, 11) is 4.46. The number of nitrogens with one attached hydrogen (secondary N) is 1. The third-order valence-corrected chi connectivity index (χ3v) is 5.50. The molecule has 0 spiro atoms. The minimum absolute atomic E-state index is 0.0159. The molecule has 1 amide bonds. The van der Waals surface area contributed by atoms with Crippen LogP contribution >= 0.6 is 0 Å². The molecule has 0 aliphatic carbocycles. The molecule has 0 fully saturated rings. The molecule has 8 nitrogen and oxygen atoms in total. The Morgan fingerprint density at radius 3 is 2.19 bits per heavy atom. The first kappa shape index (κ1) is 24.6. The Morgan fingerprint density at radius 1 is 0.972 bits per heavy atom. The van der Waals surface area contributed by atoms with Crippen molar-refractivity contribution in [3.63, 3.8) is 0 Å². The van der Waals surface area contributed by atoms with Crippen LogP contribution in [0.1, 0.15) is 17.8 Å². The molecule has 0 atom stereocenters. The molecule has 4 aromatic rings. The van der Waals surface area contributed by atoms with E-state index in [2.05, 4.69) is 10.3 Å². The summed E-state index contributed by atoms with van der Waals surface area (Å²) in [5, 5.41) is 2.98. The molecule has 4 rings (SSSR count). The van der Waals surface area contributed by atoms with Gasteiger partial charge < -0.3 is 19.5 Å². The van der Waals surface area contributed by atoms with Crippen molar-refractivity contribution in [2.75, 3.05) is 26.6 Å². The summed E-state index contributed by atoms with van der Waals surface area (Å²) >= 11 is 0. The van der Waals surface area contributed by atoms with Gasteiger partial charge in [0.15, 0.2) is 17.3 Å². The van der Waals surface area contributed by atoms with Crippen LogP contribution in [0.5, 0.6) is 17.2 Å². The summed E-state index contributed by atoms with van der Waals surface area (Å²) < 4.78 is 44.3. The van der Waals surface area contributed by atoms with E-state index in [0.29, 0.717) is 28.5 Å². The van der Waals surface area contributed by atoms with Gasteiger partial charge in [-0.15, -0.1) is 0 Å². The van der Waals surface area contributed by atoms with E-state index in [0.717, 1.165) is 4.57 Å². The molecule has 0 aliphatic rings. The van der Waals surface area contributed by atoms with Crippen LogP contribution in [0.25, 0.3) is 16.6 Å². The highest BCUT2D eigenvalue weighted by molar-refractivity contribution is 5.92. The zero-order valence-corrected chi connectivity index (χ0v) is 19.7. The van der Waals surface area contributed by atoms with Crippen LogP contribution in [0.4, 0.5) is 14.5 Å². The third-order valence-electron chi connectivity index (χ3n) is 5.50. The minimum atomic E-state index is -2.96. The molecule has 10 heteroatoms. The van der Waals surface area contributed by atoms with Crippen molar-refractivity contribution in [1.82, 2.24) is 9.55 Å². The van der Waals surface area contributed by atoms with Crippen LogP contribution < -0.4 is 25.1 Å². The lowest BCUT2D eigenvalue weighted by atomic mass is 10.1. The number of benzene rings is 3. The van der Waals surface area contributed by atoms with E-state index in [1.165, 1.54) is 57.7 Å². The highest BCUT2D eigenvalue weighted by Crippen LogP contribution is 2.38. The van der Waals surface area contributed by atoms with Crippen molar-refractivity contribution in [3.05, 3.63) is 82.4 Å². The topological polar surface area (TPSA) is 91.7 Å². The highest BCUT2D eigenvalue weighted by Gasteiger charge is 2.20. The van der Waals surface area contributed by atoms with E-state index in [4.69, 9.17) is 14.2 Å². The van der Waals surface area contributed by atoms with Gasteiger partial charge >= 0.3 is 0 Å². The van der Waals surface area contributed by atoms with Crippen LogP contribution in [0, 0.1) is 0 Å². The van der Waals surface area contributed by atoms with Crippen LogP contribution in [0.3, 0.4) is 0 Å². The second-order valence-corrected chi connectivity index (χ2v) is 7.73. The Bertz CT molecular complexity index is 1440. The number of halogens is 2. The first-order valence-corrected chi connectivity index (χ1v) is 10.8. The fourth-order valence-corrected chi connectivity index (χ4v) is 3.87. The van der Waals surface area contributed by atoms with Gasteiger partial charge in [-0.25, -0.2) is 13.8 Å². The van der Waals surface area contributed by atoms with Crippen LogP contribution in [-0.4, -0.2) is 36.8 Å². The molecule has 0 saturated carbocycles. The minimum Gasteiger partial charge on any atom is -0.493 e. The molecule has 1 heterocycles. The monoisotopic (exact) mass is 495 g/mol. The van der Waals surface area contributed by atoms with Gasteiger partial charge in [-0.2, -0.15) is 0 Å². The quantitative estimate of drug-likeness (QED) is 0.386. The Balaban J connectivity index is 1.58. The van der Waals surface area contributed by atoms with Crippen molar-refractivity contribution in [2.45, 2.75) is 12.8 Å². The van der Waals surface area contributed by atoms with E-state index >= 15 is 0 Å². The van der Waals surface area contributed by atoms with Gasteiger partial charge in [0.05, 0.1) is 44.3 Å². The number of para-hydroxylation sites is 1. The van der Waals surface area contributed by atoms with Gasteiger partial charge in [-0.3, -0.25) is 14.2 Å². The molecule has 0 bridgehead atoms. The van der Waals surface area contributed by atoms with E-state index < -0.39 is 17.8 Å². The first-order valence-electron chi connectivity index (χ1n) is 10.8. The zero-order valence-electron chi connectivity index (χ0n) is 19.7. The zero-order chi connectivity index (χ0) is 25.8. The van der Waals surface area contributed by atoms with E-state index in [1.54, 1.807) is 24.3 Å². The fourth-order valence-electron chi connectivity index (χ4n) is 3.87. The standard InChI is InChI=1S/C26H23F2N3O5/c1-34-20-12-15(13-21(35-2)23(20)36-3)14-22(32)29-16-8-10-17(11-9-16)31-25(24(27)28)30-19-7-5-4-6-18(19)26(31)33/h4-13,24H,14H2,1-3H3,(H,29,32). The number of methoxy groups -OCH3 is 3. The van der Waals surface area contributed by atoms with Crippen LogP contribution in [0.2, 0.25) is 0 Å². The fraction of sp³-hybridized carbons (Fsp3) is 0.192. The Kier molecular flexibility index (Phi) is 7.14. The normalized spacial score (nSPS) is 10.9. The number of nitrogens with zero attached hydrogens (tertiary/aromatic N) is 2. The van der Waals surface area contributed by atoms with Crippen molar-refractivity contribution in [2.24, 2.45) is 0 Å². The molecular weight excluding hydrogens is 472 g/mol. The second-order valence-electron chi connectivity index (χ2n) is 7.73. The summed E-state index contributed by atoms with van der Waals surface area (Å²) in [6, 6.07) is 15.7. The van der Waals surface area contributed by atoms with Gasteiger partial charge in [-0.1, -0.05) is 12.1 Å². The molecule has 0 aliphatic heterocycles. The van der Waals surface area contributed by atoms with Gasteiger partial charge in [0.25, 0.3) is 12.0 Å². The van der Waals surface area contributed by atoms with E-state index in [-0.39, 0.29) is 28.9 Å². The average molecular weight is 495 g/mol. The summed E-state index contributed by atoms with van der Waals surface area (Å²) in [5.41, 5.74) is 0.863. The average Bonchev–Trinajstić information content (AvgIpc) is 2.88. The van der Waals surface area contributed by atoms with Crippen LogP contribution in [0.15, 0.2) is 65.5 Å². The maximum atomic E-state index is 13.7.